The third-order valence-electron chi connectivity index (χ3n) is 6.66. The maximum Gasteiger partial charge on any atom is 0.337 e. The maximum absolute atomic E-state index is 14.5. The molecule has 8 heteroatoms. The van der Waals surface area contributed by atoms with Crippen LogP contribution in [-0.2, 0) is 22.5 Å². The molecule has 6 nitrogen and oxygen atoms in total. The Labute approximate surface area is 219 Å². The second-order valence-corrected chi connectivity index (χ2v) is 10.6. The molecule has 1 atom stereocenters. The molecule has 5 rings (SSSR count). The summed E-state index contributed by atoms with van der Waals surface area (Å²) in [6, 6.07) is 11.8. The molecule has 0 radical (unpaired) electrons. The van der Waals surface area contributed by atoms with Crippen molar-refractivity contribution >= 4 is 17.0 Å². The lowest BCUT2D eigenvalue weighted by molar-refractivity contribution is -0.160. The fourth-order valence-electron chi connectivity index (χ4n) is 5.04. The quantitative estimate of drug-likeness (QED) is 0.310. The van der Waals surface area contributed by atoms with Gasteiger partial charge in [0.25, 0.3) is 0 Å². The molecule has 0 fully saturated rings. The fourth-order valence-corrected chi connectivity index (χ4v) is 5.04. The molecule has 0 aliphatic carbocycles. The number of pyridine rings is 1. The third kappa shape index (κ3) is 4.88. The molecule has 0 saturated carbocycles. The Kier molecular flexibility index (Phi) is 6.69. The summed E-state index contributed by atoms with van der Waals surface area (Å²) >= 11 is 0. The first kappa shape index (κ1) is 25.9. The Balaban J connectivity index is 1.75. The van der Waals surface area contributed by atoms with Gasteiger partial charge in [0, 0.05) is 34.0 Å². The molecule has 0 spiro atoms. The van der Waals surface area contributed by atoms with E-state index in [1.807, 2.05) is 45.0 Å². The van der Waals surface area contributed by atoms with Gasteiger partial charge in [0.05, 0.1) is 18.8 Å². The van der Waals surface area contributed by atoms with Gasteiger partial charge in [-0.3, -0.25) is 0 Å². The molecule has 0 bridgehead atoms. The van der Waals surface area contributed by atoms with E-state index in [4.69, 9.17) is 14.5 Å². The Morgan fingerprint density at radius 2 is 2.00 bits per heavy atom. The number of hydrogen-bond donors (Lipinski definition) is 1. The van der Waals surface area contributed by atoms with Crippen molar-refractivity contribution in [2.75, 3.05) is 6.61 Å². The summed E-state index contributed by atoms with van der Waals surface area (Å²) in [4.78, 5) is 17.3. The van der Waals surface area contributed by atoms with E-state index in [1.165, 1.54) is 12.1 Å². The number of nitrogens with zero attached hydrogens (tertiary/aromatic N) is 2. The molecule has 1 N–H and O–H groups in total. The van der Waals surface area contributed by atoms with Crippen LogP contribution in [0.2, 0.25) is 0 Å². The van der Waals surface area contributed by atoms with Crippen molar-refractivity contribution in [2.45, 2.75) is 58.8 Å². The standard InChI is InChI=1S/C30H30F2N2O4/c1-17-24(27(29(35)36)38-30(2,3)4)25(19-10-11-23-18(15-19)8-6-14-37-23)21-12-13-34(28(21)33-17)16-20-7-5-9-22(31)26(20)32/h5,7,9-13,15,27H,6,8,14,16H2,1-4H3,(H,35,36)/t27-/m1/s1. The first-order valence-electron chi connectivity index (χ1n) is 12.6. The van der Waals surface area contributed by atoms with Gasteiger partial charge in [-0.05, 0) is 75.9 Å². The molecule has 4 aromatic rings. The number of fused-ring (bicyclic) bond motifs is 2. The topological polar surface area (TPSA) is 73.6 Å². The molecular formula is C30H30F2N2O4. The van der Waals surface area contributed by atoms with E-state index >= 15 is 0 Å². The first-order valence-corrected chi connectivity index (χ1v) is 12.6. The maximum atomic E-state index is 14.5. The summed E-state index contributed by atoms with van der Waals surface area (Å²) < 4.78 is 42.0. The van der Waals surface area contributed by atoms with Crippen LogP contribution >= 0.6 is 0 Å². The average Bonchev–Trinajstić information content (AvgIpc) is 3.25. The van der Waals surface area contributed by atoms with E-state index in [9.17, 15) is 18.7 Å². The van der Waals surface area contributed by atoms with Crippen LogP contribution in [0.5, 0.6) is 5.75 Å². The van der Waals surface area contributed by atoms with E-state index in [0.717, 1.165) is 35.8 Å². The van der Waals surface area contributed by atoms with Crippen molar-refractivity contribution in [1.82, 2.24) is 9.55 Å². The lowest BCUT2D eigenvalue weighted by atomic mass is 9.90. The van der Waals surface area contributed by atoms with E-state index in [0.29, 0.717) is 34.5 Å². The average molecular weight is 521 g/mol. The zero-order chi connectivity index (χ0) is 27.2. The lowest BCUT2D eigenvalue weighted by Crippen LogP contribution is -2.28. The minimum Gasteiger partial charge on any atom is -0.493 e. The van der Waals surface area contributed by atoms with Crippen molar-refractivity contribution < 1.29 is 28.2 Å². The van der Waals surface area contributed by atoms with E-state index in [2.05, 4.69) is 0 Å². The van der Waals surface area contributed by atoms with Gasteiger partial charge in [-0.2, -0.15) is 0 Å². The van der Waals surface area contributed by atoms with Gasteiger partial charge in [0.15, 0.2) is 17.7 Å². The normalized spacial score (nSPS) is 14.3. The number of carbonyl (C=O) groups is 1. The van der Waals surface area contributed by atoms with Gasteiger partial charge in [-0.15, -0.1) is 0 Å². The summed E-state index contributed by atoms with van der Waals surface area (Å²) in [6.45, 7) is 7.91. The van der Waals surface area contributed by atoms with Gasteiger partial charge < -0.3 is 19.1 Å². The number of halogens is 2. The predicted molar refractivity (Wildman–Crippen MR) is 140 cm³/mol. The van der Waals surface area contributed by atoms with Crippen LogP contribution < -0.4 is 4.74 Å². The molecule has 0 amide bonds. The molecule has 198 valence electrons. The zero-order valence-electron chi connectivity index (χ0n) is 21.8. The van der Waals surface area contributed by atoms with Gasteiger partial charge in [0.1, 0.15) is 11.4 Å². The van der Waals surface area contributed by atoms with Crippen LogP contribution in [0.4, 0.5) is 8.78 Å². The van der Waals surface area contributed by atoms with E-state index < -0.39 is 29.3 Å². The highest BCUT2D eigenvalue weighted by Gasteiger charge is 2.33. The van der Waals surface area contributed by atoms with Crippen LogP contribution in [0, 0.1) is 18.6 Å². The van der Waals surface area contributed by atoms with E-state index in [-0.39, 0.29) is 12.1 Å². The molecule has 1 aliphatic rings. The molecule has 2 aromatic heterocycles. The third-order valence-corrected chi connectivity index (χ3v) is 6.66. The number of carboxylic acid groups (broad SMARTS) is 1. The highest BCUT2D eigenvalue weighted by Crippen LogP contribution is 2.41. The summed E-state index contributed by atoms with van der Waals surface area (Å²) in [7, 11) is 0. The largest absolute Gasteiger partial charge is 0.493 e. The van der Waals surface area contributed by atoms with Gasteiger partial charge in [-0.25, -0.2) is 18.6 Å². The molecule has 1 aliphatic heterocycles. The smallest absolute Gasteiger partial charge is 0.337 e. The minimum atomic E-state index is -1.27. The van der Waals surface area contributed by atoms with Gasteiger partial charge >= 0.3 is 5.97 Å². The molecule has 2 aromatic carbocycles. The van der Waals surface area contributed by atoms with Crippen LogP contribution in [0.15, 0.2) is 48.7 Å². The SMILES string of the molecule is Cc1nc2c(ccn2Cc2cccc(F)c2F)c(-c2ccc3c(c2)CCCO3)c1[C@@H](OC(C)(C)C)C(=O)O. The Hall–Kier alpha value is -3.78. The Bertz CT molecular complexity index is 1540. The summed E-state index contributed by atoms with van der Waals surface area (Å²) in [5, 5.41) is 10.9. The number of ether oxygens (including phenoxy) is 2. The lowest BCUT2D eigenvalue weighted by Gasteiger charge is -2.28. The predicted octanol–water partition coefficient (Wildman–Crippen LogP) is 6.60. The zero-order valence-corrected chi connectivity index (χ0v) is 21.8. The number of benzene rings is 2. The Morgan fingerprint density at radius 3 is 2.74 bits per heavy atom. The minimum absolute atomic E-state index is 0.0667. The summed E-state index contributed by atoms with van der Waals surface area (Å²) in [6.07, 6.45) is 2.25. The number of carboxylic acids is 1. The van der Waals surface area contributed by atoms with Gasteiger partial charge in [0.2, 0.25) is 0 Å². The fraction of sp³-hybridized carbons (Fsp3) is 0.333. The van der Waals surface area contributed by atoms with Crippen LogP contribution in [-0.4, -0.2) is 32.8 Å². The summed E-state index contributed by atoms with van der Waals surface area (Å²) in [5.41, 5.74) is 3.51. The van der Waals surface area contributed by atoms with Gasteiger partial charge in [-0.1, -0.05) is 18.2 Å². The number of aryl methyl sites for hydroxylation is 2. The van der Waals surface area contributed by atoms with Crippen molar-refractivity contribution in [3.05, 3.63) is 82.7 Å². The molecule has 0 saturated heterocycles. The van der Waals surface area contributed by atoms with Crippen molar-refractivity contribution in [1.29, 1.82) is 0 Å². The molecule has 38 heavy (non-hydrogen) atoms. The number of aromatic nitrogens is 2. The van der Waals surface area contributed by atoms with Crippen molar-refractivity contribution in [3.63, 3.8) is 0 Å². The second kappa shape index (κ2) is 9.83. The number of hydrogen-bond acceptors (Lipinski definition) is 4. The molecule has 0 unspecified atom stereocenters. The van der Waals surface area contributed by atoms with Crippen LogP contribution in [0.1, 0.15) is 55.7 Å². The van der Waals surface area contributed by atoms with Crippen molar-refractivity contribution in [3.8, 4) is 16.9 Å². The van der Waals surface area contributed by atoms with Crippen molar-refractivity contribution in [2.24, 2.45) is 0 Å². The number of rotatable bonds is 6. The monoisotopic (exact) mass is 520 g/mol. The summed E-state index contributed by atoms with van der Waals surface area (Å²) in [5.74, 6) is -2.11. The first-order chi connectivity index (χ1) is 18.0. The van der Waals surface area contributed by atoms with E-state index in [1.54, 1.807) is 17.7 Å². The second-order valence-electron chi connectivity index (χ2n) is 10.6. The molecule has 3 heterocycles. The molecular weight excluding hydrogens is 490 g/mol. The Morgan fingerprint density at radius 1 is 1.21 bits per heavy atom. The highest BCUT2D eigenvalue weighted by molar-refractivity contribution is 5.98. The number of aliphatic carboxylic acids is 1. The van der Waals surface area contributed by atoms with Crippen LogP contribution in [0.3, 0.4) is 0 Å². The van der Waals surface area contributed by atoms with Crippen LogP contribution in [0.25, 0.3) is 22.2 Å². The highest BCUT2D eigenvalue weighted by atomic mass is 19.2.